The summed E-state index contributed by atoms with van der Waals surface area (Å²) in [5, 5.41) is 3.41. The molecular weight excluding hydrogens is 309 g/mol. The Morgan fingerprint density at radius 1 is 1.42 bits per heavy atom. The average Bonchev–Trinajstić information content (AvgIpc) is 2.43. The Morgan fingerprint density at radius 3 is 2.63 bits per heavy atom. The Morgan fingerprint density at radius 2 is 2.11 bits per heavy atom. The maximum absolute atomic E-state index is 14.3. The van der Waals surface area contributed by atoms with E-state index in [9.17, 15) is 4.39 Å². The van der Waals surface area contributed by atoms with Crippen LogP contribution in [0.5, 0.6) is 0 Å². The van der Waals surface area contributed by atoms with Crippen LogP contribution in [0, 0.1) is 5.82 Å². The highest BCUT2D eigenvalue weighted by molar-refractivity contribution is 9.10. The minimum absolute atomic E-state index is 0.167. The van der Waals surface area contributed by atoms with Gasteiger partial charge < -0.3 is 10.1 Å². The molecule has 0 spiro atoms. The number of hydrogen-bond donors (Lipinski definition) is 1. The first-order chi connectivity index (χ1) is 9.00. The molecule has 1 N–H and O–H groups in total. The first-order valence-corrected chi connectivity index (χ1v) is 7.51. The molecule has 108 valence electrons. The van der Waals surface area contributed by atoms with Crippen LogP contribution in [0.2, 0.25) is 0 Å². The van der Waals surface area contributed by atoms with Crippen molar-refractivity contribution in [3.63, 3.8) is 0 Å². The summed E-state index contributed by atoms with van der Waals surface area (Å²) in [6.07, 6.45) is 1.80. The van der Waals surface area contributed by atoms with Crippen LogP contribution in [0.3, 0.4) is 0 Å². The van der Waals surface area contributed by atoms with E-state index in [4.69, 9.17) is 4.74 Å². The van der Waals surface area contributed by atoms with Gasteiger partial charge in [-0.3, -0.25) is 0 Å². The zero-order valence-electron chi connectivity index (χ0n) is 12.1. The lowest BCUT2D eigenvalue weighted by atomic mass is 9.87. The summed E-state index contributed by atoms with van der Waals surface area (Å²) in [5.74, 6) is -0.215. The molecule has 0 aromatic heterocycles. The Kier molecular flexibility index (Phi) is 6.43. The molecule has 1 rings (SSSR count). The molecule has 0 aliphatic carbocycles. The standard InChI is InChI=1S/C15H23BrFNO/c1-5-10-18-14(15(3,6-2)19-4)11-8-7-9-12(16)13(11)17/h7-9,14,18H,5-6,10H2,1-4H3. The van der Waals surface area contributed by atoms with Crippen molar-refractivity contribution in [1.29, 1.82) is 0 Å². The molecule has 0 radical (unpaired) electrons. The Labute approximate surface area is 123 Å². The van der Waals surface area contributed by atoms with E-state index in [2.05, 4.69) is 35.1 Å². The molecule has 0 aliphatic rings. The quantitative estimate of drug-likeness (QED) is 0.797. The van der Waals surface area contributed by atoms with E-state index in [1.165, 1.54) is 0 Å². The number of halogens is 2. The highest BCUT2D eigenvalue weighted by Gasteiger charge is 2.35. The maximum atomic E-state index is 14.3. The van der Waals surface area contributed by atoms with Crippen LogP contribution >= 0.6 is 15.9 Å². The number of methoxy groups -OCH3 is 1. The normalized spacial score (nSPS) is 16.1. The molecule has 1 aromatic rings. The zero-order chi connectivity index (χ0) is 14.5. The van der Waals surface area contributed by atoms with Crippen molar-refractivity contribution in [2.45, 2.75) is 45.3 Å². The molecule has 0 fully saturated rings. The third-order valence-electron chi connectivity index (χ3n) is 3.67. The van der Waals surface area contributed by atoms with Crippen molar-refractivity contribution < 1.29 is 9.13 Å². The molecule has 4 heteroatoms. The average molecular weight is 332 g/mol. The summed E-state index contributed by atoms with van der Waals surface area (Å²) in [6, 6.07) is 5.22. The van der Waals surface area contributed by atoms with Gasteiger partial charge in [-0.25, -0.2) is 4.39 Å². The molecule has 19 heavy (non-hydrogen) atoms. The fraction of sp³-hybridized carbons (Fsp3) is 0.600. The van der Waals surface area contributed by atoms with Crippen molar-refractivity contribution >= 4 is 15.9 Å². The van der Waals surface area contributed by atoms with Gasteiger partial charge in [0.05, 0.1) is 16.1 Å². The third kappa shape index (κ3) is 3.77. The Hall–Kier alpha value is -0.450. The van der Waals surface area contributed by atoms with E-state index >= 15 is 0 Å². The SMILES string of the molecule is CCCNC(c1cccc(Br)c1F)C(C)(CC)OC. The van der Waals surface area contributed by atoms with Gasteiger partial charge in [0, 0.05) is 12.7 Å². The molecule has 2 atom stereocenters. The second-order valence-electron chi connectivity index (χ2n) is 4.90. The fourth-order valence-corrected chi connectivity index (χ4v) is 2.53. The van der Waals surface area contributed by atoms with Crippen LogP contribution in [0.25, 0.3) is 0 Å². The van der Waals surface area contributed by atoms with Crippen molar-refractivity contribution in [3.8, 4) is 0 Å². The van der Waals surface area contributed by atoms with Crippen LogP contribution < -0.4 is 5.32 Å². The Bertz CT molecular complexity index is 407. The zero-order valence-corrected chi connectivity index (χ0v) is 13.7. The van der Waals surface area contributed by atoms with Crippen molar-refractivity contribution in [2.24, 2.45) is 0 Å². The van der Waals surface area contributed by atoms with E-state index in [0.717, 1.165) is 19.4 Å². The third-order valence-corrected chi connectivity index (χ3v) is 4.28. The lowest BCUT2D eigenvalue weighted by Gasteiger charge is -2.37. The molecule has 0 heterocycles. The summed E-state index contributed by atoms with van der Waals surface area (Å²) in [7, 11) is 1.68. The highest BCUT2D eigenvalue weighted by atomic mass is 79.9. The van der Waals surface area contributed by atoms with Gasteiger partial charge in [-0.2, -0.15) is 0 Å². The van der Waals surface area contributed by atoms with E-state index in [-0.39, 0.29) is 11.9 Å². The van der Waals surface area contributed by atoms with Crippen LogP contribution in [0.4, 0.5) is 4.39 Å². The van der Waals surface area contributed by atoms with Crippen LogP contribution in [0.1, 0.15) is 45.2 Å². The second kappa shape index (κ2) is 7.36. The molecule has 0 amide bonds. The van der Waals surface area contributed by atoms with Crippen molar-refractivity contribution in [3.05, 3.63) is 34.1 Å². The van der Waals surface area contributed by atoms with Gasteiger partial charge in [0.15, 0.2) is 0 Å². The van der Waals surface area contributed by atoms with Crippen LogP contribution in [0.15, 0.2) is 22.7 Å². The van der Waals surface area contributed by atoms with Crippen LogP contribution in [-0.4, -0.2) is 19.3 Å². The minimum Gasteiger partial charge on any atom is -0.377 e. The molecule has 0 saturated carbocycles. The molecular formula is C15H23BrFNO. The van der Waals surface area contributed by atoms with Gasteiger partial charge in [-0.1, -0.05) is 26.0 Å². The predicted molar refractivity (Wildman–Crippen MR) is 80.8 cm³/mol. The number of rotatable bonds is 7. The van der Waals surface area contributed by atoms with Gasteiger partial charge in [0.25, 0.3) is 0 Å². The number of ether oxygens (including phenoxy) is 1. The highest BCUT2D eigenvalue weighted by Crippen LogP contribution is 2.34. The second-order valence-corrected chi connectivity index (χ2v) is 5.75. The van der Waals surface area contributed by atoms with Crippen LogP contribution in [-0.2, 0) is 4.74 Å². The van der Waals surface area contributed by atoms with Gasteiger partial charge in [-0.15, -0.1) is 0 Å². The predicted octanol–water partition coefficient (Wildman–Crippen LogP) is 4.44. The molecule has 2 nitrogen and oxygen atoms in total. The van der Waals surface area contributed by atoms with Gasteiger partial charge in [-0.05, 0) is 48.3 Å². The fourth-order valence-electron chi connectivity index (χ4n) is 2.15. The Balaban J connectivity index is 3.19. The summed E-state index contributed by atoms with van der Waals surface area (Å²) < 4.78 is 20.5. The van der Waals surface area contributed by atoms with E-state index in [1.54, 1.807) is 13.2 Å². The summed E-state index contributed by atoms with van der Waals surface area (Å²) in [4.78, 5) is 0. The van der Waals surface area contributed by atoms with Gasteiger partial charge in [0.1, 0.15) is 5.82 Å². The largest absolute Gasteiger partial charge is 0.377 e. The van der Waals surface area contributed by atoms with E-state index in [1.807, 2.05) is 19.1 Å². The van der Waals surface area contributed by atoms with Gasteiger partial charge in [0.2, 0.25) is 0 Å². The van der Waals surface area contributed by atoms with Gasteiger partial charge >= 0.3 is 0 Å². The van der Waals surface area contributed by atoms with Crippen molar-refractivity contribution in [2.75, 3.05) is 13.7 Å². The number of hydrogen-bond acceptors (Lipinski definition) is 2. The molecule has 0 aliphatic heterocycles. The maximum Gasteiger partial charge on any atom is 0.142 e. The molecule has 0 saturated heterocycles. The number of benzene rings is 1. The van der Waals surface area contributed by atoms with Crippen molar-refractivity contribution in [1.82, 2.24) is 5.32 Å². The first-order valence-electron chi connectivity index (χ1n) is 6.72. The lowest BCUT2D eigenvalue weighted by molar-refractivity contribution is -0.0308. The van der Waals surface area contributed by atoms with E-state index < -0.39 is 5.60 Å². The summed E-state index contributed by atoms with van der Waals surface area (Å²) in [6.45, 7) is 6.99. The molecule has 1 aromatic carbocycles. The smallest absolute Gasteiger partial charge is 0.142 e. The van der Waals surface area contributed by atoms with E-state index in [0.29, 0.717) is 10.0 Å². The summed E-state index contributed by atoms with van der Waals surface area (Å²) in [5.41, 5.74) is 0.214. The lowest BCUT2D eigenvalue weighted by Crippen LogP contribution is -2.43. The molecule has 2 unspecified atom stereocenters. The molecule has 0 bridgehead atoms. The number of nitrogens with one attached hydrogen (secondary N) is 1. The topological polar surface area (TPSA) is 21.3 Å². The minimum atomic E-state index is -0.434. The first kappa shape index (κ1) is 16.6. The monoisotopic (exact) mass is 331 g/mol. The summed E-state index contributed by atoms with van der Waals surface area (Å²) >= 11 is 3.25.